The van der Waals surface area contributed by atoms with Gasteiger partial charge < -0.3 is 0 Å². The molecule has 0 saturated carbocycles. The Kier molecular flexibility index (Phi) is 11.9. The highest BCUT2D eigenvalue weighted by molar-refractivity contribution is 7.18. The van der Waals surface area contributed by atoms with Gasteiger partial charge in [-0.05, 0) is 102 Å². The van der Waals surface area contributed by atoms with Crippen molar-refractivity contribution in [1.82, 2.24) is 0 Å². The van der Waals surface area contributed by atoms with E-state index in [0.717, 1.165) is 0 Å². The van der Waals surface area contributed by atoms with Gasteiger partial charge in [0.15, 0.2) is 0 Å². The predicted molar refractivity (Wildman–Crippen MR) is 192 cm³/mol. The van der Waals surface area contributed by atoms with E-state index in [0.29, 0.717) is 17.8 Å². The number of thiophene rings is 1. The van der Waals surface area contributed by atoms with Gasteiger partial charge in [-0.15, -0.1) is 11.3 Å². The van der Waals surface area contributed by atoms with Crippen molar-refractivity contribution in [2.24, 2.45) is 5.92 Å². The highest BCUT2D eigenvalue weighted by Crippen LogP contribution is 2.47. The molecule has 4 aromatic rings. The molecule has 1 aliphatic rings. The summed E-state index contributed by atoms with van der Waals surface area (Å²) in [6, 6.07) is 27.8. The summed E-state index contributed by atoms with van der Waals surface area (Å²) < 4.78 is 0. The Morgan fingerprint density at radius 1 is 0.698 bits per heavy atom. The lowest BCUT2D eigenvalue weighted by Gasteiger charge is -2.25. The molecule has 3 aromatic carbocycles. The van der Waals surface area contributed by atoms with Crippen LogP contribution in [0, 0.1) is 5.92 Å². The van der Waals surface area contributed by atoms with Gasteiger partial charge in [0, 0.05) is 9.75 Å². The number of fused-ring (bicyclic) bond motifs is 2. The molecule has 1 heteroatoms. The molecule has 43 heavy (non-hydrogen) atoms. The number of rotatable bonds is 14. The highest BCUT2D eigenvalue weighted by atomic mass is 32.1. The van der Waals surface area contributed by atoms with Crippen LogP contribution in [0.5, 0.6) is 0 Å². The van der Waals surface area contributed by atoms with E-state index in [1.807, 2.05) is 11.3 Å². The largest absolute Gasteiger partial charge is 0.135 e. The lowest BCUT2D eigenvalue weighted by Crippen LogP contribution is -2.11. The Morgan fingerprint density at radius 2 is 1.47 bits per heavy atom. The molecular formula is C42H52S. The summed E-state index contributed by atoms with van der Waals surface area (Å²) in [6.45, 7) is 6.77. The first-order chi connectivity index (χ1) is 21.2. The first kappa shape index (κ1) is 31.5. The van der Waals surface area contributed by atoms with E-state index in [-0.39, 0.29) is 0 Å². The number of hydrogen-bond acceptors (Lipinski definition) is 1. The van der Waals surface area contributed by atoms with Gasteiger partial charge in [-0.2, -0.15) is 0 Å². The van der Waals surface area contributed by atoms with Crippen LogP contribution in [0.3, 0.4) is 0 Å². The lowest BCUT2D eigenvalue weighted by molar-refractivity contribution is 0.419. The van der Waals surface area contributed by atoms with E-state index >= 15 is 0 Å². The van der Waals surface area contributed by atoms with E-state index in [9.17, 15) is 0 Å². The van der Waals surface area contributed by atoms with Crippen molar-refractivity contribution in [3.05, 3.63) is 108 Å². The SMILES string of the molecule is C/C=C\C=C/C1CCC(CCCCCC)c2cc(-c3ccc(-c4cccc5ccccc45)s3)ccc2C1CCCCCC. The molecule has 1 aliphatic carbocycles. The van der Waals surface area contributed by atoms with E-state index in [2.05, 4.69) is 118 Å². The van der Waals surface area contributed by atoms with E-state index < -0.39 is 0 Å². The summed E-state index contributed by atoms with van der Waals surface area (Å²) in [5, 5.41) is 2.66. The minimum atomic E-state index is 0.623. The summed E-state index contributed by atoms with van der Waals surface area (Å²) in [4.78, 5) is 2.75. The highest BCUT2D eigenvalue weighted by Gasteiger charge is 2.30. The number of allylic oxidation sites excluding steroid dienone is 4. The molecule has 3 unspecified atom stereocenters. The second-order valence-corrected chi connectivity index (χ2v) is 13.8. The maximum atomic E-state index is 2.62. The van der Waals surface area contributed by atoms with Crippen LogP contribution in [0.1, 0.15) is 121 Å². The van der Waals surface area contributed by atoms with Gasteiger partial charge >= 0.3 is 0 Å². The monoisotopic (exact) mass is 588 g/mol. The van der Waals surface area contributed by atoms with Crippen molar-refractivity contribution in [3.8, 4) is 20.9 Å². The molecule has 0 aliphatic heterocycles. The second-order valence-electron chi connectivity index (χ2n) is 12.7. The third kappa shape index (κ3) is 7.98. The normalized spacial score (nSPS) is 18.9. The number of hydrogen-bond donors (Lipinski definition) is 0. The Morgan fingerprint density at radius 3 is 2.28 bits per heavy atom. The first-order valence-electron chi connectivity index (χ1n) is 17.2. The second kappa shape index (κ2) is 16.2. The van der Waals surface area contributed by atoms with Crippen LogP contribution >= 0.6 is 11.3 Å². The molecule has 1 heterocycles. The van der Waals surface area contributed by atoms with Crippen LogP contribution in [-0.2, 0) is 0 Å². The third-order valence-electron chi connectivity index (χ3n) is 9.67. The van der Waals surface area contributed by atoms with Crippen molar-refractivity contribution in [2.75, 3.05) is 0 Å². The molecule has 0 spiro atoms. The summed E-state index contributed by atoms with van der Waals surface area (Å²) in [5.41, 5.74) is 6.07. The van der Waals surface area contributed by atoms with Crippen molar-refractivity contribution in [1.29, 1.82) is 0 Å². The Bertz CT molecular complexity index is 1480. The fourth-order valence-corrected chi connectivity index (χ4v) is 8.35. The van der Waals surface area contributed by atoms with Gasteiger partial charge in [0.2, 0.25) is 0 Å². The standard InChI is InChI=1S/C42H52S/c1-4-7-10-13-19-34-26-25-33(18-12-9-6-3)36(22-14-11-8-5-2)38-28-27-35(31-40(34)38)41-29-30-42(43-41)39-24-17-21-32-20-15-16-23-37(32)39/h6,9,12,15-18,20-21,23-24,27-31,33-34,36H,4-5,7-8,10-11,13-14,19,22,25-26H2,1-3H3/b9-6-,18-12-. The van der Waals surface area contributed by atoms with Crippen LogP contribution in [-0.4, -0.2) is 0 Å². The molecule has 1 aromatic heterocycles. The molecule has 0 N–H and O–H groups in total. The molecule has 3 atom stereocenters. The number of benzene rings is 3. The average molecular weight is 589 g/mol. The van der Waals surface area contributed by atoms with E-state index in [1.165, 1.54) is 109 Å². The minimum absolute atomic E-state index is 0.623. The average Bonchev–Trinajstić information content (AvgIpc) is 3.48. The summed E-state index contributed by atoms with van der Waals surface area (Å²) in [7, 11) is 0. The lowest BCUT2D eigenvalue weighted by atomic mass is 9.79. The van der Waals surface area contributed by atoms with Gasteiger partial charge in [0.25, 0.3) is 0 Å². The first-order valence-corrected chi connectivity index (χ1v) is 18.1. The van der Waals surface area contributed by atoms with Gasteiger partial charge in [0.05, 0.1) is 0 Å². The molecule has 0 bridgehead atoms. The van der Waals surface area contributed by atoms with Crippen LogP contribution in [0.25, 0.3) is 31.7 Å². The zero-order valence-corrected chi connectivity index (χ0v) is 27.7. The summed E-state index contributed by atoms with van der Waals surface area (Å²) in [5.74, 6) is 1.92. The minimum Gasteiger partial charge on any atom is -0.135 e. The smallest absolute Gasteiger partial charge is 0.0355 e. The topological polar surface area (TPSA) is 0 Å². The van der Waals surface area contributed by atoms with Crippen molar-refractivity contribution in [3.63, 3.8) is 0 Å². The zero-order valence-electron chi connectivity index (χ0n) is 26.9. The van der Waals surface area contributed by atoms with Gasteiger partial charge in [-0.3, -0.25) is 0 Å². The van der Waals surface area contributed by atoms with Crippen LogP contribution in [0.2, 0.25) is 0 Å². The van der Waals surface area contributed by atoms with E-state index in [1.54, 1.807) is 11.1 Å². The Labute approximate surface area is 266 Å². The molecule has 0 nitrogen and oxygen atoms in total. The zero-order chi connectivity index (χ0) is 29.9. The van der Waals surface area contributed by atoms with Crippen molar-refractivity contribution in [2.45, 2.75) is 110 Å². The summed E-state index contributed by atoms with van der Waals surface area (Å²) in [6.07, 6.45) is 25.2. The molecule has 0 amide bonds. The quantitative estimate of drug-likeness (QED) is 0.0781. The molecule has 0 radical (unpaired) electrons. The fraction of sp³-hybridized carbons (Fsp3) is 0.429. The van der Waals surface area contributed by atoms with Crippen LogP contribution in [0.4, 0.5) is 0 Å². The van der Waals surface area contributed by atoms with Gasteiger partial charge in [0.1, 0.15) is 0 Å². The molecular weight excluding hydrogens is 537 g/mol. The van der Waals surface area contributed by atoms with Gasteiger partial charge in [-0.25, -0.2) is 0 Å². The van der Waals surface area contributed by atoms with Gasteiger partial charge in [-0.1, -0.05) is 144 Å². The number of unbranched alkanes of at least 4 members (excludes halogenated alkanes) is 6. The molecule has 5 rings (SSSR count). The van der Waals surface area contributed by atoms with Crippen molar-refractivity contribution < 1.29 is 0 Å². The Hall–Kier alpha value is -2.90. The van der Waals surface area contributed by atoms with Crippen LogP contribution < -0.4 is 0 Å². The molecule has 0 saturated heterocycles. The predicted octanol–water partition coefficient (Wildman–Crippen LogP) is 13.9. The third-order valence-corrected chi connectivity index (χ3v) is 10.8. The Balaban J connectivity index is 1.51. The maximum absolute atomic E-state index is 2.62. The fourth-order valence-electron chi connectivity index (χ4n) is 7.30. The van der Waals surface area contributed by atoms with E-state index in [4.69, 9.17) is 0 Å². The summed E-state index contributed by atoms with van der Waals surface area (Å²) >= 11 is 1.95. The maximum Gasteiger partial charge on any atom is 0.0355 e. The van der Waals surface area contributed by atoms with Crippen molar-refractivity contribution >= 4 is 22.1 Å². The van der Waals surface area contributed by atoms with Crippen LogP contribution in [0.15, 0.2) is 97.1 Å². The molecule has 0 fully saturated rings. The molecule has 226 valence electrons.